The van der Waals surface area contributed by atoms with Crippen LogP contribution in [0.15, 0.2) is 65.5 Å². The van der Waals surface area contributed by atoms with E-state index in [4.69, 9.17) is 4.74 Å². The third-order valence-electron chi connectivity index (χ3n) is 4.49. The van der Waals surface area contributed by atoms with E-state index in [2.05, 4.69) is 17.3 Å². The van der Waals surface area contributed by atoms with Crippen molar-refractivity contribution in [1.29, 1.82) is 0 Å². The fourth-order valence-electron chi connectivity index (χ4n) is 2.86. The molecule has 144 valence electrons. The smallest absolute Gasteiger partial charge is 0.267 e. The van der Waals surface area contributed by atoms with E-state index >= 15 is 0 Å². The van der Waals surface area contributed by atoms with Gasteiger partial charge in [-0.2, -0.15) is 5.10 Å². The van der Waals surface area contributed by atoms with Crippen LogP contribution in [-0.2, 0) is 24.3 Å². The number of methoxy groups -OCH3 is 1. The molecule has 1 heterocycles. The molecule has 1 aromatic heterocycles. The number of hydrogen-bond acceptors (Lipinski definition) is 4. The summed E-state index contributed by atoms with van der Waals surface area (Å²) in [7, 11) is 1.59. The highest BCUT2D eigenvalue weighted by Crippen LogP contribution is 2.17. The van der Waals surface area contributed by atoms with Crippen molar-refractivity contribution in [3.63, 3.8) is 0 Å². The lowest BCUT2D eigenvalue weighted by atomic mass is 10.1. The second kappa shape index (κ2) is 8.99. The Kier molecular flexibility index (Phi) is 6.22. The van der Waals surface area contributed by atoms with Crippen molar-refractivity contribution in [3.05, 3.63) is 82.1 Å². The standard InChI is InChI=1S/C22H23N3O3/c1-3-16-8-10-17(11-9-16)19-12-13-22(27)25(24-19)15-21(26)23-14-18-6-4-5-7-20(18)28-2/h4-13H,3,14-15H2,1-2H3,(H,23,26). The summed E-state index contributed by atoms with van der Waals surface area (Å²) in [4.78, 5) is 24.4. The Morgan fingerprint density at radius 1 is 1.07 bits per heavy atom. The highest BCUT2D eigenvalue weighted by Gasteiger charge is 2.09. The van der Waals surface area contributed by atoms with Gasteiger partial charge in [-0.3, -0.25) is 9.59 Å². The first-order valence-corrected chi connectivity index (χ1v) is 9.16. The molecule has 0 spiro atoms. The summed E-state index contributed by atoms with van der Waals surface area (Å²) >= 11 is 0. The number of aryl methyl sites for hydroxylation is 1. The summed E-state index contributed by atoms with van der Waals surface area (Å²) in [6.45, 7) is 2.27. The van der Waals surface area contributed by atoms with Crippen molar-refractivity contribution in [1.82, 2.24) is 15.1 Å². The Hall–Kier alpha value is -3.41. The Morgan fingerprint density at radius 2 is 1.82 bits per heavy atom. The number of hydrogen-bond donors (Lipinski definition) is 1. The van der Waals surface area contributed by atoms with Gasteiger partial charge in [0.15, 0.2) is 0 Å². The van der Waals surface area contributed by atoms with E-state index in [1.165, 1.54) is 16.3 Å². The highest BCUT2D eigenvalue weighted by molar-refractivity contribution is 5.75. The van der Waals surface area contributed by atoms with Gasteiger partial charge in [0.05, 0.1) is 12.8 Å². The first-order valence-electron chi connectivity index (χ1n) is 9.16. The molecule has 6 nitrogen and oxygen atoms in total. The lowest BCUT2D eigenvalue weighted by molar-refractivity contribution is -0.122. The quantitative estimate of drug-likeness (QED) is 0.687. The summed E-state index contributed by atoms with van der Waals surface area (Å²) in [6.07, 6.45) is 0.958. The van der Waals surface area contributed by atoms with E-state index in [9.17, 15) is 9.59 Å². The van der Waals surface area contributed by atoms with E-state index in [-0.39, 0.29) is 18.0 Å². The molecular formula is C22H23N3O3. The molecule has 28 heavy (non-hydrogen) atoms. The zero-order valence-corrected chi connectivity index (χ0v) is 16.0. The Balaban J connectivity index is 1.70. The normalized spacial score (nSPS) is 10.5. The van der Waals surface area contributed by atoms with E-state index < -0.39 is 0 Å². The lowest BCUT2D eigenvalue weighted by Gasteiger charge is -2.11. The minimum absolute atomic E-state index is 0.144. The molecular weight excluding hydrogens is 354 g/mol. The van der Waals surface area contributed by atoms with Gasteiger partial charge in [-0.15, -0.1) is 0 Å². The average molecular weight is 377 g/mol. The molecule has 0 radical (unpaired) electrons. The third kappa shape index (κ3) is 4.65. The zero-order valence-electron chi connectivity index (χ0n) is 16.0. The van der Waals surface area contributed by atoms with Gasteiger partial charge in [0.2, 0.25) is 5.91 Å². The van der Waals surface area contributed by atoms with Gasteiger partial charge >= 0.3 is 0 Å². The van der Waals surface area contributed by atoms with Gasteiger partial charge in [-0.25, -0.2) is 4.68 Å². The fraction of sp³-hybridized carbons (Fsp3) is 0.227. The fourth-order valence-corrected chi connectivity index (χ4v) is 2.86. The van der Waals surface area contributed by atoms with E-state index in [0.29, 0.717) is 18.0 Å². The van der Waals surface area contributed by atoms with E-state index in [1.54, 1.807) is 13.2 Å². The van der Waals surface area contributed by atoms with Crippen LogP contribution in [0.4, 0.5) is 0 Å². The van der Waals surface area contributed by atoms with Crippen LogP contribution < -0.4 is 15.6 Å². The van der Waals surface area contributed by atoms with Crippen molar-refractivity contribution in [2.45, 2.75) is 26.4 Å². The number of benzene rings is 2. The molecule has 0 atom stereocenters. The van der Waals surface area contributed by atoms with Crippen LogP contribution in [0.5, 0.6) is 5.75 Å². The van der Waals surface area contributed by atoms with E-state index in [0.717, 1.165) is 17.5 Å². The maximum absolute atomic E-state index is 12.3. The molecule has 3 aromatic rings. The predicted molar refractivity (Wildman–Crippen MR) is 108 cm³/mol. The molecule has 0 saturated carbocycles. The monoisotopic (exact) mass is 377 g/mol. The number of rotatable bonds is 7. The van der Waals surface area contributed by atoms with Crippen LogP contribution in [0.3, 0.4) is 0 Å². The van der Waals surface area contributed by atoms with Crippen LogP contribution in [-0.4, -0.2) is 22.8 Å². The van der Waals surface area contributed by atoms with Crippen molar-refractivity contribution in [2.24, 2.45) is 0 Å². The van der Waals surface area contributed by atoms with Crippen molar-refractivity contribution < 1.29 is 9.53 Å². The van der Waals surface area contributed by atoms with Crippen molar-refractivity contribution in [2.75, 3.05) is 7.11 Å². The number of para-hydroxylation sites is 1. The molecule has 0 aliphatic heterocycles. The van der Waals surface area contributed by atoms with Crippen LogP contribution in [0.2, 0.25) is 0 Å². The maximum atomic E-state index is 12.3. The molecule has 0 unspecified atom stereocenters. The van der Waals surface area contributed by atoms with Crippen LogP contribution >= 0.6 is 0 Å². The first-order chi connectivity index (χ1) is 13.6. The molecule has 1 N–H and O–H groups in total. The molecule has 0 bridgehead atoms. The molecule has 2 aromatic carbocycles. The van der Waals surface area contributed by atoms with Crippen LogP contribution in [0.25, 0.3) is 11.3 Å². The first kappa shape index (κ1) is 19.4. The topological polar surface area (TPSA) is 73.2 Å². The molecule has 6 heteroatoms. The summed E-state index contributed by atoms with van der Waals surface area (Å²) in [5.74, 6) is 0.412. The number of nitrogens with one attached hydrogen (secondary N) is 1. The number of amides is 1. The molecule has 0 saturated heterocycles. The molecule has 0 aliphatic rings. The third-order valence-corrected chi connectivity index (χ3v) is 4.49. The van der Waals surface area contributed by atoms with Gasteiger partial charge < -0.3 is 10.1 Å². The Labute approximate surface area is 163 Å². The van der Waals surface area contributed by atoms with Crippen LogP contribution in [0, 0.1) is 0 Å². The summed E-state index contributed by atoms with van der Waals surface area (Å²) < 4.78 is 6.46. The lowest BCUT2D eigenvalue weighted by Crippen LogP contribution is -2.33. The SMILES string of the molecule is CCc1ccc(-c2ccc(=O)n(CC(=O)NCc3ccccc3OC)n2)cc1. The van der Waals surface area contributed by atoms with Gasteiger partial charge in [-0.1, -0.05) is 49.4 Å². The number of carbonyl (C=O) groups is 1. The second-order valence-corrected chi connectivity index (χ2v) is 6.35. The van der Waals surface area contributed by atoms with Crippen molar-refractivity contribution in [3.8, 4) is 17.0 Å². The molecule has 3 rings (SSSR count). The highest BCUT2D eigenvalue weighted by atomic mass is 16.5. The zero-order chi connectivity index (χ0) is 19.9. The Bertz CT molecular complexity index is 1010. The molecule has 0 aliphatic carbocycles. The number of carbonyl (C=O) groups excluding carboxylic acids is 1. The summed E-state index contributed by atoms with van der Waals surface area (Å²) in [5.41, 5.74) is 3.33. The summed E-state index contributed by atoms with van der Waals surface area (Å²) in [5, 5.41) is 7.15. The predicted octanol–water partition coefficient (Wildman–Crippen LogP) is 2.80. The number of ether oxygens (including phenoxy) is 1. The minimum atomic E-state index is -0.318. The van der Waals surface area contributed by atoms with Gasteiger partial charge in [-0.05, 0) is 24.1 Å². The number of nitrogens with zero attached hydrogens (tertiary/aromatic N) is 2. The maximum Gasteiger partial charge on any atom is 0.267 e. The van der Waals surface area contributed by atoms with Gasteiger partial charge in [0.25, 0.3) is 5.56 Å². The second-order valence-electron chi connectivity index (χ2n) is 6.35. The summed E-state index contributed by atoms with van der Waals surface area (Å²) in [6, 6.07) is 18.6. The largest absolute Gasteiger partial charge is 0.496 e. The van der Waals surface area contributed by atoms with E-state index in [1.807, 2.05) is 48.5 Å². The van der Waals surface area contributed by atoms with Gasteiger partial charge in [0.1, 0.15) is 12.3 Å². The van der Waals surface area contributed by atoms with Crippen molar-refractivity contribution >= 4 is 5.91 Å². The number of aromatic nitrogens is 2. The molecule has 1 amide bonds. The average Bonchev–Trinajstić information content (AvgIpc) is 2.74. The Morgan fingerprint density at radius 3 is 2.54 bits per heavy atom. The van der Waals surface area contributed by atoms with Crippen LogP contribution in [0.1, 0.15) is 18.1 Å². The van der Waals surface area contributed by atoms with Gasteiger partial charge in [0, 0.05) is 23.7 Å². The minimum Gasteiger partial charge on any atom is -0.496 e. The molecule has 0 fully saturated rings.